The monoisotopic (exact) mass is 295 g/mol. The van der Waals surface area contributed by atoms with E-state index in [4.69, 9.17) is 0 Å². The van der Waals surface area contributed by atoms with Crippen LogP contribution in [-0.2, 0) is 0 Å². The Kier molecular flexibility index (Phi) is 5.31. The number of nitrogens with zero attached hydrogens (tertiary/aromatic N) is 1. The zero-order chi connectivity index (χ0) is 14.8. The molecule has 2 atom stereocenters. The van der Waals surface area contributed by atoms with Gasteiger partial charge < -0.3 is 10.2 Å². The Morgan fingerprint density at radius 1 is 1.05 bits per heavy atom. The lowest BCUT2D eigenvalue weighted by Crippen LogP contribution is -2.48. The highest BCUT2D eigenvalue weighted by Crippen LogP contribution is 2.40. The predicted molar refractivity (Wildman–Crippen MR) is 69.2 cm³/mol. The molecule has 0 aromatic heterocycles. The first-order valence-electron chi connectivity index (χ1n) is 7.49. The van der Waals surface area contributed by atoms with Crippen LogP contribution in [0.5, 0.6) is 0 Å². The number of aliphatic hydroxyl groups is 2. The first-order valence-corrected chi connectivity index (χ1v) is 7.49. The smallest absolute Gasteiger partial charge is 0.391 e. The van der Waals surface area contributed by atoms with E-state index in [1.807, 2.05) is 0 Å². The number of halogens is 3. The Morgan fingerprint density at radius 2 is 1.70 bits per heavy atom. The largest absolute Gasteiger partial charge is 0.395 e. The third-order valence-corrected chi connectivity index (χ3v) is 4.82. The van der Waals surface area contributed by atoms with Crippen LogP contribution in [0.2, 0.25) is 0 Å². The Morgan fingerprint density at radius 3 is 2.25 bits per heavy atom. The van der Waals surface area contributed by atoms with Gasteiger partial charge in [0.15, 0.2) is 0 Å². The molecule has 2 fully saturated rings. The van der Waals surface area contributed by atoms with Crippen molar-refractivity contribution in [1.82, 2.24) is 4.90 Å². The maximum Gasteiger partial charge on any atom is 0.391 e. The summed E-state index contributed by atoms with van der Waals surface area (Å²) in [5.41, 5.74) is 0. The Labute approximate surface area is 117 Å². The number of rotatable bonds is 3. The lowest BCUT2D eigenvalue weighted by atomic mass is 9.81. The van der Waals surface area contributed by atoms with Gasteiger partial charge in [-0.1, -0.05) is 0 Å². The van der Waals surface area contributed by atoms with Crippen molar-refractivity contribution in [2.24, 2.45) is 11.8 Å². The maximum absolute atomic E-state index is 12.6. The van der Waals surface area contributed by atoms with E-state index in [1.54, 1.807) is 0 Å². The highest BCUT2D eigenvalue weighted by Gasteiger charge is 2.41. The van der Waals surface area contributed by atoms with Crippen LogP contribution in [0.4, 0.5) is 13.2 Å². The molecule has 1 saturated heterocycles. The first-order chi connectivity index (χ1) is 9.40. The number of hydrogen-bond donors (Lipinski definition) is 2. The molecular weight excluding hydrogens is 271 g/mol. The highest BCUT2D eigenvalue weighted by atomic mass is 19.4. The Hall–Kier alpha value is -0.330. The number of alkyl halides is 3. The molecule has 2 rings (SSSR count). The van der Waals surface area contributed by atoms with Crippen molar-refractivity contribution in [2.45, 2.75) is 56.8 Å². The summed E-state index contributed by atoms with van der Waals surface area (Å²) in [7, 11) is 0. The van der Waals surface area contributed by atoms with E-state index in [0.717, 1.165) is 13.1 Å². The van der Waals surface area contributed by atoms with E-state index in [-0.39, 0.29) is 37.5 Å². The summed E-state index contributed by atoms with van der Waals surface area (Å²) in [5.74, 6) is -0.839. The minimum absolute atomic E-state index is 0.00889. The lowest BCUT2D eigenvalue weighted by Gasteiger charge is -2.40. The molecule has 20 heavy (non-hydrogen) atoms. The van der Waals surface area contributed by atoms with Crippen LogP contribution in [-0.4, -0.2) is 53.1 Å². The van der Waals surface area contributed by atoms with Crippen LogP contribution in [0.1, 0.15) is 38.5 Å². The average Bonchev–Trinajstić information content (AvgIpc) is 2.40. The van der Waals surface area contributed by atoms with Gasteiger partial charge in [0, 0.05) is 19.1 Å². The quantitative estimate of drug-likeness (QED) is 0.838. The molecule has 0 aromatic rings. The predicted octanol–water partition coefficient (Wildman–Crippen LogP) is 2.17. The van der Waals surface area contributed by atoms with Crippen molar-refractivity contribution in [3.63, 3.8) is 0 Å². The van der Waals surface area contributed by atoms with Gasteiger partial charge in [-0.3, -0.25) is 4.90 Å². The van der Waals surface area contributed by atoms with Crippen molar-refractivity contribution in [2.75, 3.05) is 19.7 Å². The van der Waals surface area contributed by atoms with Gasteiger partial charge in [0.05, 0.1) is 18.6 Å². The molecule has 0 bridgehead atoms. The van der Waals surface area contributed by atoms with E-state index in [1.165, 1.54) is 0 Å². The fourth-order valence-corrected chi connectivity index (χ4v) is 3.51. The van der Waals surface area contributed by atoms with Gasteiger partial charge in [0.2, 0.25) is 0 Å². The highest BCUT2D eigenvalue weighted by molar-refractivity contribution is 4.85. The van der Waals surface area contributed by atoms with E-state index >= 15 is 0 Å². The second kappa shape index (κ2) is 6.62. The van der Waals surface area contributed by atoms with Crippen LogP contribution in [0.25, 0.3) is 0 Å². The molecule has 0 radical (unpaired) electrons. The summed E-state index contributed by atoms with van der Waals surface area (Å²) in [6, 6.07) is -0.0425. The zero-order valence-electron chi connectivity index (χ0n) is 11.6. The van der Waals surface area contributed by atoms with E-state index in [9.17, 15) is 23.4 Å². The van der Waals surface area contributed by atoms with Crippen LogP contribution in [0.3, 0.4) is 0 Å². The summed E-state index contributed by atoms with van der Waals surface area (Å²) >= 11 is 0. The molecule has 0 spiro atoms. The minimum atomic E-state index is -4.05. The summed E-state index contributed by atoms with van der Waals surface area (Å²) < 4.78 is 37.8. The van der Waals surface area contributed by atoms with Crippen molar-refractivity contribution in [3.8, 4) is 0 Å². The second-order valence-corrected chi connectivity index (χ2v) is 6.27. The van der Waals surface area contributed by atoms with Crippen LogP contribution >= 0.6 is 0 Å². The fourth-order valence-electron chi connectivity index (χ4n) is 3.51. The van der Waals surface area contributed by atoms with Gasteiger partial charge in [-0.05, 0) is 44.4 Å². The first kappa shape index (κ1) is 16.0. The van der Waals surface area contributed by atoms with Crippen molar-refractivity contribution >= 4 is 0 Å². The van der Waals surface area contributed by atoms with Crippen LogP contribution < -0.4 is 0 Å². The minimum Gasteiger partial charge on any atom is -0.395 e. The molecule has 0 aromatic carbocycles. The molecule has 6 heteroatoms. The molecule has 1 aliphatic heterocycles. The number of piperidine rings is 1. The number of hydrogen-bond acceptors (Lipinski definition) is 3. The van der Waals surface area contributed by atoms with Crippen LogP contribution in [0.15, 0.2) is 0 Å². The molecule has 118 valence electrons. The molecular formula is C14H24F3NO2. The van der Waals surface area contributed by atoms with Gasteiger partial charge in [0.1, 0.15) is 0 Å². The van der Waals surface area contributed by atoms with E-state index in [2.05, 4.69) is 4.90 Å². The normalized spacial score (nSPS) is 37.0. The molecule has 1 aliphatic carbocycles. The number of likely N-dealkylation sites (tertiary alicyclic amines) is 1. The van der Waals surface area contributed by atoms with E-state index < -0.39 is 12.1 Å². The third kappa shape index (κ3) is 4.09. The van der Waals surface area contributed by atoms with Crippen LogP contribution in [0, 0.1) is 11.8 Å². The van der Waals surface area contributed by atoms with Crippen molar-refractivity contribution in [1.29, 1.82) is 0 Å². The number of aliphatic hydroxyl groups excluding tert-OH is 2. The molecule has 2 N–H and O–H groups in total. The fraction of sp³-hybridized carbons (Fsp3) is 1.00. The Bertz CT molecular complexity index is 303. The molecule has 0 amide bonds. The van der Waals surface area contributed by atoms with Gasteiger partial charge in [0.25, 0.3) is 0 Å². The third-order valence-electron chi connectivity index (χ3n) is 4.82. The van der Waals surface area contributed by atoms with E-state index in [0.29, 0.717) is 25.7 Å². The summed E-state index contributed by atoms with van der Waals surface area (Å²) in [6.07, 6.45) is -1.47. The van der Waals surface area contributed by atoms with Gasteiger partial charge in [-0.2, -0.15) is 13.2 Å². The van der Waals surface area contributed by atoms with Gasteiger partial charge >= 0.3 is 6.18 Å². The molecule has 2 unspecified atom stereocenters. The summed E-state index contributed by atoms with van der Waals surface area (Å²) in [6.45, 7) is 1.49. The molecule has 2 aliphatic rings. The van der Waals surface area contributed by atoms with Gasteiger partial charge in [-0.15, -0.1) is 0 Å². The van der Waals surface area contributed by atoms with Gasteiger partial charge in [-0.25, -0.2) is 0 Å². The summed E-state index contributed by atoms with van der Waals surface area (Å²) in [4.78, 5) is 2.14. The maximum atomic E-state index is 12.6. The van der Waals surface area contributed by atoms with Crippen molar-refractivity contribution in [3.05, 3.63) is 0 Å². The second-order valence-electron chi connectivity index (χ2n) is 6.27. The molecule has 1 saturated carbocycles. The Balaban J connectivity index is 1.80. The SMILES string of the molecule is OCC1CC(O)CCN1CC1CCC(C(F)(F)F)CC1. The standard InChI is InChI=1S/C14H24F3NO2/c15-14(16,17)11-3-1-10(2-4-11)8-18-6-5-13(20)7-12(18)9-19/h10-13,19-20H,1-9H2. The van der Waals surface area contributed by atoms with Crippen molar-refractivity contribution < 1.29 is 23.4 Å². The molecule has 3 nitrogen and oxygen atoms in total. The average molecular weight is 295 g/mol. The summed E-state index contributed by atoms with van der Waals surface area (Å²) in [5, 5.41) is 19.0. The molecule has 1 heterocycles. The lowest BCUT2D eigenvalue weighted by molar-refractivity contribution is -0.184. The topological polar surface area (TPSA) is 43.7 Å². The zero-order valence-corrected chi connectivity index (χ0v) is 11.6.